The van der Waals surface area contributed by atoms with Crippen LogP contribution < -0.4 is 5.32 Å². The Balaban J connectivity index is 2.51. The van der Waals surface area contributed by atoms with Crippen LogP contribution in [-0.4, -0.2) is 12.0 Å². The van der Waals surface area contributed by atoms with Crippen LogP contribution in [0.3, 0.4) is 0 Å². The highest BCUT2D eigenvalue weighted by Crippen LogP contribution is 2.27. The van der Waals surface area contributed by atoms with Gasteiger partial charge in [-0.05, 0) is 68.1 Å². The Kier molecular flexibility index (Phi) is 4.01. The molecule has 0 bridgehead atoms. The van der Waals surface area contributed by atoms with Crippen LogP contribution in [0.25, 0.3) is 0 Å². The van der Waals surface area contributed by atoms with E-state index in [0.29, 0.717) is 0 Å². The summed E-state index contributed by atoms with van der Waals surface area (Å²) in [6.07, 6.45) is 3.84. The van der Waals surface area contributed by atoms with Gasteiger partial charge in [0, 0.05) is 12.4 Å². The van der Waals surface area contributed by atoms with Crippen molar-refractivity contribution >= 4 is 0 Å². The molecule has 0 saturated heterocycles. The summed E-state index contributed by atoms with van der Waals surface area (Å²) in [5, 5.41) is 3.41. The van der Waals surface area contributed by atoms with Gasteiger partial charge in [0.2, 0.25) is 0 Å². The van der Waals surface area contributed by atoms with Crippen molar-refractivity contribution in [2.24, 2.45) is 0 Å². The van der Waals surface area contributed by atoms with Crippen molar-refractivity contribution in [1.82, 2.24) is 10.3 Å². The minimum absolute atomic E-state index is 0.201. The number of aromatic nitrogens is 1. The second kappa shape index (κ2) is 5.54. The smallest absolute Gasteiger partial charge is 0.0592 e. The van der Waals surface area contributed by atoms with E-state index in [0.717, 1.165) is 0 Å². The summed E-state index contributed by atoms with van der Waals surface area (Å²) >= 11 is 0. The summed E-state index contributed by atoms with van der Waals surface area (Å²) in [5.74, 6) is 0. The Morgan fingerprint density at radius 2 is 1.58 bits per heavy atom. The van der Waals surface area contributed by atoms with Crippen LogP contribution in [0, 0.1) is 27.7 Å². The van der Waals surface area contributed by atoms with Gasteiger partial charge >= 0.3 is 0 Å². The maximum atomic E-state index is 4.31. The topological polar surface area (TPSA) is 24.9 Å². The van der Waals surface area contributed by atoms with E-state index in [1.54, 1.807) is 0 Å². The molecular formula is C17H22N2. The number of rotatable bonds is 3. The number of nitrogens with one attached hydrogen (secondary N) is 1. The predicted molar refractivity (Wildman–Crippen MR) is 80.5 cm³/mol. The van der Waals surface area contributed by atoms with E-state index in [1.807, 2.05) is 19.4 Å². The van der Waals surface area contributed by atoms with E-state index in [2.05, 4.69) is 56.2 Å². The number of hydrogen-bond donors (Lipinski definition) is 1. The van der Waals surface area contributed by atoms with Crippen molar-refractivity contribution in [3.63, 3.8) is 0 Å². The zero-order valence-electron chi connectivity index (χ0n) is 12.4. The Morgan fingerprint density at radius 3 is 2.21 bits per heavy atom. The molecule has 1 N–H and O–H groups in total. The maximum Gasteiger partial charge on any atom is 0.0592 e. The molecule has 0 saturated carbocycles. The fourth-order valence-electron chi connectivity index (χ4n) is 2.53. The molecule has 2 aromatic rings. The number of hydrogen-bond acceptors (Lipinski definition) is 2. The number of aryl methyl sites for hydroxylation is 4. The highest BCUT2D eigenvalue weighted by molar-refractivity contribution is 5.42. The van der Waals surface area contributed by atoms with Crippen LogP contribution in [0.5, 0.6) is 0 Å². The lowest BCUT2D eigenvalue weighted by Crippen LogP contribution is -2.19. The van der Waals surface area contributed by atoms with Gasteiger partial charge in [0.25, 0.3) is 0 Å². The van der Waals surface area contributed by atoms with Gasteiger partial charge in [0.1, 0.15) is 0 Å². The highest BCUT2D eigenvalue weighted by atomic mass is 14.9. The van der Waals surface area contributed by atoms with Gasteiger partial charge in [-0.3, -0.25) is 4.98 Å². The molecule has 2 rings (SSSR count). The lowest BCUT2D eigenvalue weighted by atomic mass is 9.92. The average molecular weight is 254 g/mol. The highest BCUT2D eigenvalue weighted by Gasteiger charge is 2.15. The third-order valence-electron chi connectivity index (χ3n) is 3.71. The number of nitrogens with zero attached hydrogens (tertiary/aromatic N) is 1. The number of pyridine rings is 1. The van der Waals surface area contributed by atoms with E-state index in [4.69, 9.17) is 0 Å². The molecule has 1 aromatic heterocycles. The van der Waals surface area contributed by atoms with Gasteiger partial charge < -0.3 is 5.32 Å². The van der Waals surface area contributed by atoms with Gasteiger partial charge in [0.15, 0.2) is 0 Å². The third kappa shape index (κ3) is 2.85. The van der Waals surface area contributed by atoms with Crippen molar-refractivity contribution in [2.45, 2.75) is 33.7 Å². The quantitative estimate of drug-likeness (QED) is 0.905. The summed E-state index contributed by atoms with van der Waals surface area (Å²) in [4.78, 5) is 4.31. The minimum atomic E-state index is 0.201. The van der Waals surface area contributed by atoms with Crippen molar-refractivity contribution in [3.05, 3.63) is 64.0 Å². The Morgan fingerprint density at radius 1 is 0.895 bits per heavy atom. The first kappa shape index (κ1) is 13.8. The van der Waals surface area contributed by atoms with Crippen LogP contribution in [0.1, 0.15) is 39.4 Å². The van der Waals surface area contributed by atoms with Crippen LogP contribution >= 0.6 is 0 Å². The lowest BCUT2D eigenvalue weighted by molar-refractivity contribution is 0.683. The first-order chi connectivity index (χ1) is 9.02. The molecule has 0 radical (unpaired) electrons. The first-order valence-electron chi connectivity index (χ1n) is 6.69. The van der Waals surface area contributed by atoms with Crippen LogP contribution in [-0.2, 0) is 0 Å². The largest absolute Gasteiger partial charge is 0.309 e. The molecule has 0 aliphatic rings. The van der Waals surface area contributed by atoms with E-state index in [1.165, 1.54) is 33.4 Å². The van der Waals surface area contributed by atoms with Crippen LogP contribution in [0.15, 0.2) is 30.6 Å². The zero-order valence-corrected chi connectivity index (χ0v) is 12.4. The van der Waals surface area contributed by atoms with E-state index in [9.17, 15) is 0 Å². The normalized spacial score (nSPS) is 12.5. The molecule has 2 heteroatoms. The Labute approximate surface area is 115 Å². The standard InChI is InChI=1S/C17H22N2/c1-11-6-15(10-19-9-11)17(18-5)16-8-13(3)12(2)7-14(16)4/h6-10,17-18H,1-5H3. The predicted octanol–water partition coefficient (Wildman–Crippen LogP) is 3.62. The summed E-state index contributed by atoms with van der Waals surface area (Å²) < 4.78 is 0. The minimum Gasteiger partial charge on any atom is -0.309 e. The van der Waals surface area contributed by atoms with E-state index in [-0.39, 0.29) is 6.04 Å². The van der Waals surface area contributed by atoms with Gasteiger partial charge in [-0.15, -0.1) is 0 Å². The van der Waals surface area contributed by atoms with E-state index < -0.39 is 0 Å². The molecule has 1 aromatic carbocycles. The maximum absolute atomic E-state index is 4.31. The summed E-state index contributed by atoms with van der Waals surface area (Å²) in [5.41, 5.74) is 7.75. The summed E-state index contributed by atoms with van der Waals surface area (Å²) in [7, 11) is 2.00. The monoisotopic (exact) mass is 254 g/mol. The van der Waals surface area contributed by atoms with Crippen molar-refractivity contribution in [2.75, 3.05) is 7.05 Å². The molecule has 0 fully saturated rings. The van der Waals surface area contributed by atoms with Crippen molar-refractivity contribution in [1.29, 1.82) is 0 Å². The van der Waals surface area contributed by atoms with Gasteiger partial charge in [-0.1, -0.05) is 18.2 Å². The van der Waals surface area contributed by atoms with Crippen molar-refractivity contribution < 1.29 is 0 Å². The second-order valence-electron chi connectivity index (χ2n) is 5.31. The molecule has 1 atom stereocenters. The van der Waals surface area contributed by atoms with Crippen LogP contribution in [0.2, 0.25) is 0 Å². The molecule has 1 unspecified atom stereocenters. The summed E-state index contributed by atoms with van der Waals surface area (Å²) in [6, 6.07) is 6.95. The molecule has 0 aliphatic carbocycles. The third-order valence-corrected chi connectivity index (χ3v) is 3.71. The fraction of sp³-hybridized carbons (Fsp3) is 0.353. The Bertz CT molecular complexity index is 588. The molecular weight excluding hydrogens is 232 g/mol. The summed E-state index contributed by atoms with van der Waals surface area (Å²) in [6.45, 7) is 8.58. The molecule has 0 amide bonds. The molecule has 100 valence electrons. The molecule has 19 heavy (non-hydrogen) atoms. The molecule has 2 nitrogen and oxygen atoms in total. The van der Waals surface area contributed by atoms with Gasteiger partial charge in [-0.2, -0.15) is 0 Å². The second-order valence-corrected chi connectivity index (χ2v) is 5.31. The molecule has 1 heterocycles. The van der Waals surface area contributed by atoms with Gasteiger partial charge in [0.05, 0.1) is 6.04 Å². The van der Waals surface area contributed by atoms with E-state index >= 15 is 0 Å². The zero-order chi connectivity index (χ0) is 14.0. The SMILES string of the molecule is CNC(c1cncc(C)c1)c1cc(C)c(C)cc1C. The first-order valence-corrected chi connectivity index (χ1v) is 6.69. The van der Waals surface area contributed by atoms with Gasteiger partial charge in [-0.25, -0.2) is 0 Å². The Hall–Kier alpha value is -1.67. The lowest BCUT2D eigenvalue weighted by Gasteiger charge is -2.21. The average Bonchev–Trinajstić information content (AvgIpc) is 2.36. The number of benzene rings is 1. The van der Waals surface area contributed by atoms with Crippen LogP contribution in [0.4, 0.5) is 0 Å². The molecule has 0 spiro atoms. The fourth-order valence-corrected chi connectivity index (χ4v) is 2.53. The van der Waals surface area contributed by atoms with Crippen molar-refractivity contribution in [3.8, 4) is 0 Å². The molecule has 0 aliphatic heterocycles.